The first-order chi connectivity index (χ1) is 10.4. The lowest BCUT2D eigenvalue weighted by molar-refractivity contribution is 0.292. The smallest absolute Gasteiger partial charge is 0.214 e. The average molecular weight is 282 g/mol. The number of nitrogens with zero attached hydrogens (tertiary/aromatic N) is 1. The van der Waals surface area contributed by atoms with Gasteiger partial charge in [-0.05, 0) is 36.8 Å². The summed E-state index contributed by atoms with van der Waals surface area (Å²) in [5, 5.41) is 4.83. The lowest BCUT2D eigenvalue weighted by atomic mass is 10.1. The molecule has 1 N–H and O–H groups in total. The standard InChI is InChI=1S/C18H22N2O/c1-2-4-17-16(3-1)14(12-19-15-7-8-15)11-18(20-17)21-10-9-13-5-6-13/h1-4,11,13,15,19H,5-10,12H2. The monoisotopic (exact) mass is 282 g/mol. The van der Waals surface area contributed by atoms with Gasteiger partial charge in [0.25, 0.3) is 0 Å². The third-order valence-electron chi connectivity index (χ3n) is 4.41. The Labute approximate surface area is 125 Å². The summed E-state index contributed by atoms with van der Waals surface area (Å²) < 4.78 is 5.89. The van der Waals surface area contributed by atoms with E-state index in [1.165, 1.54) is 43.1 Å². The molecule has 21 heavy (non-hydrogen) atoms. The van der Waals surface area contributed by atoms with Crippen molar-refractivity contribution >= 4 is 10.9 Å². The first kappa shape index (κ1) is 13.1. The number of aromatic nitrogens is 1. The molecule has 1 aromatic heterocycles. The van der Waals surface area contributed by atoms with E-state index < -0.39 is 0 Å². The van der Waals surface area contributed by atoms with Crippen LogP contribution >= 0.6 is 0 Å². The maximum Gasteiger partial charge on any atom is 0.214 e. The maximum absolute atomic E-state index is 5.89. The molecule has 0 spiro atoms. The molecule has 2 fully saturated rings. The van der Waals surface area contributed by atoms with Crippen LogP contribution in [0, 0.1) is 5.92 Å². The number of ether oxygens (including phenoxy) is 1. The number of pyridine rings is 1. The van der Waals surface area contributed by atoms with E-state index in [0.29, 0.717) is 0 Å². The summed E-state index contributed by atoms with van der Waals surface area (Å²) in [6, 6.07) is 11.2. The van der Waals surface area contributed by atoms with Crippen molar-refractivity contribution < 1.29 is 4.74 Å². The summed E-state index contributed by atoms with van der Waals surface area (Å²) >= 11 is 0. The lowest BCUT2D eigenvalue weighted by Crippen LogP contribution is -2.15. The van der Waals surface area contributed by atoms with E-state index in [1.54, 1.807) is 0 Å². The van der Waals surface area contributed by atoms with Gasteiger partial charge in [0.05, 0.1) is 12.1 Å². The number of benzene rings is 1. The summed E-state index contributed by atoms with van der Waals surface area (Å²) in [4.78, 5) is 4.65. The molecule has 0 saturated heterocycles. The first-order valence-corrected chi connectivity index (χ1v) is 8.13. The topological polar surface area (TPSA) is 34.1 Å². The minimum absolute atomic E-state index is 0.719. The fourth-order valence-corrected chi connectivity index (χ4v) is 2.72. The minimum atomic E-state index is 0.719. The van der Waals surface area contributed by atoms with Crippen molar-refractivity contribution in [1.82, 2.24) is 10.3 Å². The highest BCUT2D eigenvalue weighted by Gasteiger charge is 2.22. The summed E-state index contributed by atoms with van der Waals surface area (Å²) in [7, 11) is 0. The zero-order chi connectivity index (χ0) is 14.1. The van der Waals surface area contributed by atoms with Crippen LogP contribution in [0.3, 0.4) is 0 Å². The third-order valence-corrected chi connectivity index (χ3v) is 4.41. The van der Waals surface area contributed by atoms with Gasteiger partial charge >= 0.3 is 0 Å². The Morgan fingerprint density at radius 3 is 2.81 bits per heavy atom. The Morgan fingerprint density at radius 2 is 2.00 bits per heavy atom. The second-order valence-corrected chi connectivity index (χ2v) is 6.37. The molecule has 0 aliphatic heterocycles. The molecule has 2 aliphatic rings. The second-order valence-electron chi connectivity index (χ2n) is 6.37. The van der Waals surface area contributed by atoms with E-state index in [1.807, 2.05) is 6.07 Å². The van der Waals surface area contributed by atoms with Crippen LogP contribution in [0.15, 0.2) is 30.3 Å². The number of para-hydroxylation sites is 1. The molecule has 0 atom stereocenters. The largest absolute Gasteiger partial charge is 0.478 e. The van der Waals surface area contributed by atoms with E-state index in [-0.39, 0.29) is 0 Å². The Hall–Kier alpha value is -1.61. The molecule has 2 aromatic rings. The highest BCUT2D eigenvalue weighted by Crippen LogP contribution is 2.32. The minimum Gasteiger partial charge on any atom is -0.478 e. The predicted octanol–water partition coefficient (Wildman–Crippen LogP) is 3.67. The first-order valence-electron chi connectivity index (χ1n) is 8.13. The molecular formula is C18H22N2O. The molecule has 0 bridgehead atoms. The number of hydrogen-bond donors (Lipinski definition) is 1. The zero-order valence-electron chi connectivity index (χ0n) is 12.3. The molecule has 0 amide bonds. The molecule has 4 rings (SSSR count). The highest BCUT2D eigenvalue weighted by atomic mass is 16.5. The van der Waals surface area contributed by atoms with Gasteiger partial charge in [-0.15, -0.1) is 0 Å². The molecule has 3 heteroatoms. The van der Waals surface area contributed by atoms with E-state index in [2.05, 4.69) is 34.6 Å². The van der Waals surface area contributed by atoms with Crippen molar-refractivity contribution in [2.45, 2.75) is 44.7 Å². The molecule has 2 aliphatic carbocycles. The van der Waals surface area contributed by atoms with Crippen molar-refractivity contribution in [1.29, 1.82) is 0 Å². The van der Waals surface area contributed by atoms with E-state index in [4.69, 9.17) is 4.74 Å². The number of hydrogen-bond acceptors (Lipinski definition) is 3. The normalized spacial score (nSPS) is 18.1. The highest BCUT2D eigenvalue weighted by molar-refractivity contribution is 5.82. The third kappa shape index (κ3) is 3.35. The van der Waals surface area contributed by atoms with E-state index in [9.17, 15) is 0 Å². The van der Waals surface area contributed by atoms with Crippen LogP contribution in [-0.2, 0) is 6.54 Å². The van der Waals surface area contributed by atoms with Crippen molar-refractivity contribution in [3.05, 3.63) is 35.9 Å². The number of fused-ring (bicyclic) bond motifs is 1. The van der Waals surface area contributed by atoms with Gasteiger partial charge in [0, 0.05) is 24.0 Å². The number of rotatable bonds is 7. The van der Waals surface area contributed by atoms with Crippen LogP contribution in [0.4, 0.5) is 0 Å². The van der Waals surface area contributed by atoms with Gasteiger partial charge in [-0.1, -0.05) is 31.0 Å². The lowest BCUT2D eigenvalue weighted by Gasteiger charge is -2.11. The number of nitrogens with one attached hydrogen (secondary N) is 1. The van der Waals surface area contributed by atoms with Gasteiger partial charge in [-0.25, -0.2) is 4.98 Å². The summed E-state index contributed by atoms with van der Waals surface area (Å²) in [5.41, 5.74) is 2.34. The fourth-order valence-electron chi connectivity index (χ4n) is 2.72. The van der Waals surface area contributed by atoms with Crippen LogP contribution in [0.1, 0.15) is 37.7 Å². The van der Waals surface area contributed by atoms with Gasteiger partial charge in [0.15, 0.2) is 0 Å². The van der Waals surface area contributed by atoms with Crippen molar-refractivity contribution in [2.24, 2.45) is 5.92 Å². The van der Waals surface area contributed by atoms with Crippen LogP contribution in [0.25, 0.3) is 10.9 Å². The van der Waals surface area contributed by atoms with Gasteiger partial charge in [-0.3, -0.25) is 0 Å². The van der Waals surface area contributed by atoms with E-state index >= 15 is 0 Å². The van der Waals surface area contributed by atoms with Crippen LogP contribution in [-0.4, -0.2) is 17.6 Å². The summed E-state index contributed by atoms with van der Waals surface area (Å²) in [6.45, 7) is 1.71. The van der Waals surface area contributed by atoms with Gasteiger partial charge in [0.2, 0.25) is 5.88 Å². The maximum atomic E-state index is 5.89. The summed E-state index contributed by atoms with van der Waals surface area (Å²) in [5.74, 6) is 1.68. The SMILES string of the molecule is c1ccc2c(CNC3CC3)cc(OCCC3CC3)nc2c1. The van der Waals surface area contributed by atoms with Gasteiger partial charge in [0.1, 0.15) is 0 Å². The Kier molecular flexibility index (Phi) is 3.52. The molecule has 0 radical (unpaired) electrons. The van der Waals surface area contributed by atoms with Crippen molar-refractivity contribution in [2.75, 3.05) is 6.61 Å². The predicted molar refractivity (Wildman–Crippen MR) is 84.4 cm³/mol. The van der Waals surface area contributed by atoms with Gasteiger partial charge < -0.3 is 10.1 Å². The summed E-state index contributed by atoms with van der Waals surface area (Å²) in [6.07, 6.45) is 6.56. The zero-order valence-corrected chi connectivity index (χ0v) is 12.3. The Balaban J connectivity index is 1.53. The quantitative estimate of drug-likeness (QED) is 0.841. The van der Waals surface area contributed by atoms with Crippen LogP contribution < -0.4 is 10.1 Å². The molecular weight excluding hydrogens is 260 g/mol. The molecule has 110 valence electrons. The molecule has 0 unspecified atom stereocenters. The van der Waals surface area contributed by atoms with Crippen molar-refractivity contribution in [3.8, 4) is 5.88 Å². The molecule has 1 heterocycles. The Bertz CT molecular complexity index is 632. The van der Waals surface area contributed by atoms with Crippen LogP contribution in [0.5, 0.6) is 5.88 Å². The average Bonchev–Trinajstić information content (AvgIpc) is 3.39. The van der Waals surface area contributed by atoms with Crippen molar-refractivity contribution in [3.63, 3.8) is 0 Å². The van der Waals surface area contributed by atoms with Gasteiger partial charge in [-0.2, -0.15) is 0 Å². The fraction of sp³-hybridized carbons (Fsp3) is 0.500. The second kappa shape index (κ2) is 5.64. The molecule has 2 saturated carbocycles. The van der Waals surface area contributed by atoms with Crippen LogP contribution in [0.2, 0.25) is 0 Å². The Morgan fingerprint density at radius 1 is 1.14 bits per heavy atom. The molecule has 3 nitrogen and oxygen atoms in total. The van der Waals surface area contributed by atoms with E-state index in [0.717, 1.165) is 36.5 Å². The molecule has 1 aromatic carbocycles.